The Morgan fingerprint density at radius 2 is 2.19 bits per heavy atom. The van der Waals surface area contributed by atoms with Crippen LogP contribution in [0.2, 0.25) is 5.02 Å². The van der Waals surface area contributed by atoms with E-state index in [0.717, 1.165) is 40.5 Å². The molecule has 2 aromatic heterocycles. The molecule has 0 amide bonds. The van der Waals surface area contributed by atoms with Crippen LogP contribution in [-0.4, -0.2) is 28.3 Å². The van der Waals surface area contributed by atoms with Crippen molar-refractivity contribution in [3.05, 3.63) is 53.4 Å². The van der Waals surface area contributed by atoms with E-state index < -0.39 is 0 Å². The highest BCUT2D eigenvalue weighted by Gasteiger charge is 2.27. The van der Waals surface area contributed by atoms with Gasteiger partial charge in [0.05, 0.1) is 5.39 Å². The smallest absolute Gasteiger partial charge is 0.145 e. The second-order valence-corrected chi connectivity index (χ2v) is 7.39. The van der Waals surface area contributed by atoms with E-state index in [-0.39, 0.29) is 0 Å². The Hall–Kier alpha value is -2.11. The van der Waals surface area contributed by atoms with Gasteiger partial charge in [-0.2, -0.15) is 0 Å². The van der Waals surface area contributed by atoms with Crippen molar-refractivity contribution in [2.24, 2.45) is 5.92 Å². The summed E-state index contributed by atoms with van der Waals surface area (Å²) in [5.74, 6) is 1.50. The zero-order chi connectivity index (χ0) is 17.9. The molecule has 1 aliphatic carbocycles. The Kier molecular flexibility index (Phi) is 5.09. The van der Waals surface area contributed by atoms with Crippen LogP contribution in [0.15, 0.2) is 42.9 Å². The van der Waals surface area contributed by atoms with Gasteiger partial charge in [0.15, 0.2) is 0 Å². The number of nitrogens with zero attached hydrogens (tertiary/aromatic N) is 3. The summed E-state index contributed by atoms with van der Waals surface area (Å²) in [7, 11) is 1.78. The molecule has 3 aromatic rings. The maximum atomic E-state index is 6.07. The Morgan fingerprint density at radius 1 is 1.27 bits per heavy atom. The number of fused-ring (bicyclic) bond motifs is 1. The highest BCUT2D eigenvalue weighted by atomic mass is 35.5. The average molecular weight is 371 g/mol. The first-order valence-corrected chi connectivity index (χ1v) is 9.41. The van der Waals surface area contributed by atoms with Gasteiger partial charge in [-0.3, -0.25) is 0 Å². The van der Waals surface area contributed by atoms with E-state index in [4.69, 9.17) is 16.3 Å². The molecule has 1 N–H and O–H groups in total. The molecule has 1 aromatic carbocycles. The Labute approximate surface area is 158 Å². The van der Waals surface area contributed by atoms with Gasteiger partial charge in [0, 0.05) is 37.5 Å². The van der Waals surface area contributed by atoms with Gasteiger partial charge in [-0.15, -0.1) is 0 Å². The van der Waals surface area contributed by atoms with Crippen molar-refractivity contribution in [2.75, 3.05) is 19.0 Å². The fourth-order valence-electron chi connectivity index (χ4n) is 3.93. The van der Waals surface area contributed by atoms with Crippen LogP contribution < -0.4 is 5.32 Å². The molecular weight excluding hydrogens is 348 g/mol. The molecule has 1 saturated carbocycles. The normalized spacial score (nSPS) is 19.9. The Balaban J connectivity index is 1.53. The van der Waals surface area contributed by atoms with Crippen molar-refractivity contribution in [1.29, 1.82) is 0 Å². The molecular formula is C20H23ClN4O. The van der Waals surface area contributed by atoms with Gasteiger partial charge in [-0.25, -0.2) is 9.97 Å². The average Bonchev–Trinajstić information content (AvgIpc) is 3.27. The van der Waals surface area contributed by atoms with Crippen LogP contribution in [0.1, 0.15) is 30.9 Å². The van der Waals surface area contributed by atoms with E-state index in [0.29, 0.717) is 18.5 Å². The fraction of sp³-hybridized carbons (Fsp3) is 0.400. The highest BCUT2D eigenvalue weighted by Crippen LogP contribution is 2.37. The monoisotopic (exact) mass is 370 g/mol. The predicted molar refractivity (Wildman–Crippen MR) is 105 cm³/mol. The van der Waals surface area contributed by atoms with Crippen molar-refractivity contribution in [3.63, 3.8) is 0 Å². The minimum Gasteiger partial charge on any atom is -0.384 e. The van der Waals surface area contributed by atoms with Gasteiger partial charge in [-0.05, 0) is 48.9 Å². The van der Waals surface area contributed by atoms with Crippen LogP contribution in [0.5, 0.6) is 0 Å². The molecule has 6 heteroatoms. The molecule has 0 saturated heterocycles. The van der Waals surface area contributed by atoms with Gasteiger partial charge >= 0.3 is 0 Å². The molecule has 136 valence electrons. The number of hydrogen-bond donors (Lipinski definition) is 1. The SMILES string of the molecule is COC[C@H]1CC[C@H](n2ccc3c(NCc4cccc(Cl)c4)ncnc32)C1. The first-order valence-electron chi connectivity index (χ1n) is 9.03. The summed E-state index contributed by atoms with van der Waals surface area (Å²) in [5.41, 5.74) is 2.12. The second-order valence-electron chi connectivity index (χ2n) is 6.95. The molecule has 0 radical (unpaired) electrons. The molecule has 0 spiro atoms. The lowest BCUT2D eigenvalue weighted by Crippen LogP contribution is -2.08. The molecule has 26 heavy (non-hydrogen) atoms. The largest absolute Gasteiger partial charge is 0.384 e. The second kappa shape index (κ2) is 7.64. The zero-order valence-corrected chi connectivity index (χ0v) is 15.6. The molecule has 0 bridgehead atoms. The van der Waals surface area contributed by atoms with Crippen LogP contribution in [0.3, 0.4) is 0 Å². The van der Waals surface area contributed by atoms with Crippen molar-refractivity contribution in [1.82, 2.24) is 14.5 Å². The molecule has 2 atom stereocenters. The van der Waals surface area contributed by atoms with E-state index in [9.17, 15) is 0 Å². The van der Waals surface area contributed by atoms with Crippen molar-refractivity contribution >= 4 is 28.5 Å². The number of benzene rings is 1. The Bertz CT molecular complexity index is 894. The first-order chi connectivity index (χ1) is 12.7. The number of rotatable bonds is 6. The van der Waals surface area contributed by atoms with E-state index in [1.54, 1.807) is 13.4 Å². The fourth-order valence-corrected chi connectivity index (χ4v) is 4.14. The van der Waals surface area contributed by atoms with E-state index >= 15 is 0 Å². The van der Waals surface area contributed by atoms with E-state index in [2.05, 4.69) is 38.2 Å². The topological polar surface area (TPSA) is 52.0 Å². The van der Waals surface area contributed by atoms with Crippen LogP contribution in [-0.2, 0) is 11.3 Å². The van der Waals surface area contributed by atoms with Crippen LogP contribution >= 0.6 is 11.6 Å². The summed E-state index contributed by atoms with van der Waals surface area (Å²) in [6, 6.07) is 10.5. The molecule has 0 unspecified atom stereocenters. The summed E-state index contributed by atoms with van der Waals surface area (Å²) < 4.78 is 7.63. The summed E-state index contributed by atoms with van der Waals surface area (Å²) in [4.78, 5) is 8.99. The third-order valence-corrected chi connectivity index (χ3v) is 5.40. The lowest BCUT2D eigenvalue weighted by atomic mass is 10.1. The lowest BCUT2D eigenvalue weighted by molar-refractivity contribution is 0.153. The summed E-state index contributed by atoms with van der Waals surface area (Å²) in [6.07, 6.45) is 7.31. The van der Waals surface area contributed by atoms with E-state index in [1.165, 1.54) is 12.8 Å². The third kappa shape index (κ3) is 3.55. The van der Waals surface area contributed by atoms with Gasteiger partial charge in [0.2, 0.25) is 0 Å². The number of methoxy groups -OCH3 is 1. The number of nitrogens with one attached hydrogen (secondary N) is 1. The summed E-state index contributed by atoms with van der Waals surface area (Å²) in [6.45, 7) is 1.52. The van der Waals surface area contributed by atoms with Crippen molar-refractivity contribution < 1.29 is 4.74 Å². The van der Waals surface area contributed by atoms with Gasteiger partial charge in [0.1, 0.15) is 17.8 Å². The van der Waals surface area contributed by atoms with E-state index in [1.807, 2.05) is 18.2 Å². The maximum Gasteiger partial charge on any atom is 0.145 e. The molecule has 1 aliphatic rings. The standard InChI is InChI=1S/C20H23ClN4O/c1-26-12-15-5-6-17(10-15)25-8-7-18-19(23-13-24-20(18)25)22-11-14-3-2-4-16(21)9-14/h2-4,7-9,13,15,17H,5-6,10-12H2,1H3,(H,22,23,24)/t15-,17-/m0/s1. The molecule has 1 fully saturated rings. The number of anilines is 1. The van der Waals surface area contributed by atoms with Crippen LogP contribution in [0.4, 0.5) is 5.82 Å². The molecule has 5 nitrogen and oxygen atoms in total. The number of ether oxygens (including phenoxy) is 1. The van der Waals surface area contributed by atoms with Crippen molar-refractivity contribution in [3.8, 4) is 0 Å². The number of aromatic nitrogens is 3. The lowest BCUT2D eigenvalue weighted by Gasteiger charge is -2.14. The van der Waals surface area contributed by atoms with Crippen molar-refractivity contribution in [2.45, 2.75) is 31.8 Å². The van der Waals surface area contributed by atoms with Gasteiger partial charge in [0.25, 0.3) is 0 Å². The zero-order valence-electron chi connectivity index (χ0n) is 14.9. The number of halogens is 1. The Morgan fingerprint density at radius 3 is 3.04 bits per heavy atom. The molecule has 4 rings (SSSR count). The quantitative estimate of drug-likeness (QED) is 0.684. The minimum absolute atomic E-state index is 0.489. The first kappa shape index (κ1) is 17.3. The highest BCUT2D eigenvalue weighted by molar-refractivity contribution is 6.30. The summed E-state index contributed by atoms with van der Waals surface area (Å²) in [5, 5.41) is 5.23. The van der Waals surface area contributed by atoms with Gasteiger partial charge in [-0.1, -0.05) is 23.7 Å². The molecule has 2 heterocycles. The van der Waals surface area contributed by atoms with Gasteiger partial charge < -0.3 is 14.6 Å². The maximum absolute atomic E-state index is 6.07. The third-order valence-electron chi connectivity index (χ3n) is 5.17. The predicted octanol–water partition coefficient (Wildman–Crippen LogP) is 4.68. The van der Waals surface area contributed by atoms with Crippen LogP contribution in [0, 0.1) is 5.92 Å². The molecule has 0 aliphatic heterocycles. The summed E-state index contributed by atoms with van der Waals surface area (Å²) >= 11 is 6.07. The van der Waals surface area contributed by atoms with Crippen LogP contribution in [0.25, 0.3) is 11.0 Å². The number of hydrogen-bond acceptors (Lipinski definition) is 4. The minimum atomic E-state index is 0.489.